The van der Waals surface area contributed by atoms with E-state index in [-0.39, 0.29) is 18.5 Å². The van der Waals surface area contributed by atoms with Crippen LogP contribution in [0.3, 0.4) is 0 Å². The normalized spacial score (nSPS) is 11.4. The van der Waals surface area contributed by atoms with Crippen molar-refractivity contribution in [2.45, 2.75) is 38.8 Å². The predicted molar refractivity (Wildman–Crippen MR) is 104 cm³/mol. The second-order valence-corrected chi connectivity index (χ2v) is 6.23. The lowest BCUT2D eigenvalue weighted by Crippen LogP contribution is -2.43. The van der Waals surface area contributed by atoms with Crippen molar-refractivity contribution < 1.29 is 19.4 Å². The van der Waals surface area contributed by atoms with Gasteiger partial charge < -0.3 is 20.5 Å². The van der Waals surface area contributed by atoms with Crippen LogP contribution in [0.4, 0.5) is 4.79 Å². The van der Waals surface area contributed by atoms with Crippen LogP contribution in [0.25, 0.3) is 0 Å². The Labute approximate surface area is 159 Å². The molecule has 0 aliphatic carbocycles. The molecule has 0 radical (unpaired) electrons. The second kappa shape index (κ2) is 10.9. The van der Waals surface area contributed by atoms with Crippen LogP contribution in [0.1, 0.15) is 30.9 Å². The molecule has 0 aromatic heterocycles. The first-order valence-corrected chi connectivity index (χ1v) is 9.08. The van der Waals surface area contributed by atoms with Crippen molar-refractivity contribution in [1.82, 2.24) is 10.6 Å². The lowest BCUT2D eigenvalue weighted by molar-refractivity contribution is -0.137. The Morgan fingerprint density at radius 3 is 2.52 bits per heavy atom. The van der Waals surface area contributed by atoms with Crippen LogP contribution in [-0.4, -0.2) is 29.8 Å². The number of nitrogens with one attached hydrogen (secondary N) is 2. The van der Waals surface area contributed by atoms with Crippen molar-refractivity contribution in [1.29, 1.82) is 0 Å². The Balaban J connectivity index is 1.90. The molecule has 144 valence electrons. The third-order valence-electron chi connectivity index (χ3n) is 4.03. The smallest absolute Gasteiger partial charge is 0.315 e. The maximum absolute atomic E-state index is 12.3. The Kier molecular flexibility index (Phi) is 8.16. The molecule has 0 aliphatic rings. The lowest BCUT2D eigenvalue weighted by Gasteiger charge is -2.19. The van der Waals surface area contributed by atoms with Crippen LogP contribution in [0.5, 0.6) is 5.75 Å². The number of carboxylic acids is 1. The lowest BCUT2D eigenvalue weighted by atomic mass is 10.0. The van der Waals surface area contributed by atoms with E-state index >= 15 is 0 Å². The summed E-state index contributed by atoms with van der Waals surface area (Å²) in [6.45, 7) is 2.87. The Morgan fingerprint density at radius 1 is 1.07 bits per heavy atom. The van der Waals surface area contributed by atoms with Gasteiger partial charge >= 0.3 is 12.0 Å². The summed E-state index contributed by atoms with van der Waals surface area (Å²) in [5.41, 5.74) is 1.99. The molecule has 1 unspecified atom stereocenters. The van der Waals surface area contributed by atoms with Gasteiger partial charge in [0, 0.05) is 19.0 Å². The summed E-state index contributed by atoms with van der Waals surface area (Å²) in [5.74, 6) is -0.108. The fourth-order valence-corrected chi connectivity index (χ4v) is 2.75. The highest BCUT2D eigenvalue weighted by molar-refractivity contribution is 5.74. The van der Waals surface area contributed by atoms with Gasteiger partial charge in [-0.3, -0.25) is 4.79 Å². The Morgan fingerprint density at radius 2 is 1.81 bits per heavy atom. The molecular formula is C21H26N2O4. The molecule has 0 aliphatic heterocycles. The summed E-state index contributed by atoms with van der Waals surface area (Å²) in [4.78, 5) is 23.2. The van der Waals surface area contributed by atoms with Crippen LogP contribution in [0.2, 0.25) is 0 Å². The first-order chi connectivity index (χ1) is 13.1. The molecule has 2 aromatic carbocycles. The van der Waals surface area contributed by atoms with Crippen molar-refractivity contribution in [3.05, 3.63) is 65.7 Å². The monoisotopic (exact) mass is 370 g/mol. The molecule has 2 rings (SSSR count). The molecular weight excluding hydrogens is 344 g/mol. The van der Waals surface area contributed by atoms with Crippen molar-refractivity contribution in [2.75, 3.05) is 6.61 Å². The van der Waals surface area contributed by atoms with Gasteiger partial charge in [-0.1, -0.05) is 42.5 Å². The van der Waals surface area contributed by atoms with Gasteiger partial charge in [0.2, 0.25) is 0 Å². The van der Waals surface area contributed by atoms with Gasteiger partial charge in [0.25, 0.3) is 0 Å². The van der Waals surface area contributed by atoms with E-state index in [1.807, 2.05) is 61.5 Å². The fraction of sp³-hybridized carbons (Fsp3) is 0.333. The van der Waals surface area contributed by atoms with Gasteiger partial charge in [-0.05, 0) is 43.0 Å². The Bertz CT molecular complexity index is 734. The van der Waals surface area contributed by atoms with Crippen LogP contribution in [0.15, 0.2) is 54.6 Å². The van der Waals surface area contributed by atoms with E-state index in [0.717, 1.165) is 16.9 Å². The summed E-state index contributed by atoms with van der Waals surface area (Å²) in [7, 11) is 0. The summed E-state index contributed by atoms with van der Waals surface area (Å²) in [5, 5.41) is 14.6. The molecule has 3 N–H and O–H groups in total. The number of benzene rings is 2. The highest BCUT2D eigenvalue weighted by Gasteiger charge is 2.14. The molecule has 2 amide bonds. The van der Waals surface area contributed by atoms with E-state index in [2.05, 4.69) is 10.6 Å². The second-order valence-electron chi connectivity index (χ2n) is 6.23. The number of ether oxygens (including phenoxy) is 1. The summed E-state index contributed by atoms with van der Waals surface area (Å²) < 4.78 is 5.45. The van der Waals surface area contributed by atoms with Crippen molar-refractivity contribution in [2.24, 2.45) is 0 Å². The van der Waals surface area contributed by atoms with Gasteiger partial charge in [0.15, 0.2) is 0 Å². The number of carboxylic acid groups (broad SMARTS) is 1. The number of hydrogen-bond acceptors (Lipinski definition) is 3. The van der Waals surface area contributed by atoms with E-state index in [1.165, 1.54) is 0 Å². The highest BCUT2D eigenvalue weighted by Crippen LogP contribution is 2.13. The van der Waals surface area contributed by atoms with Crippen LogP contribution < -0.4 is 15.4 Å². The molecule has 0 spiro atoms. The molecule has 0 heterocycles. The number of amides is 2. The third-order valence-corrected chi connectivity index (χ3v) is 4.03. The van der Waals surface area contributed by atoms with E-state index in [1.54, 1.807) is 0 Å². The SMILES string of the molecule is CCOc1cccc(CNC(=O)NC(CCC(=O)O)Cc2ccccc2)c1. The molecule has 6 heteroatoms. The highest BCUT2D eigenvalue weighted by atomic mass is 16.5. The number of carbonyl (C=O) groups is 2. The molecule has 27 heavy (non-hydrogen) atoms. The minimum Gasteiger partial charge on any atom is -0.494 e. The van der Waals surface area contributed by atoms with Crippen LogP contribution >= 0.6 is 0 Å². The quantitative estimate of drug-likeness (QED) is 0.598. The maximum atomic E-state index is 12.3. The van der Waals surface area contributed by atoms with E-state index in [0.29, 0.717) is 26.0 Å². The third kappa shape index (κ3) is 7.81. The molecule has 0 fully saturated rings. The van der Waals surface area contributed by atoms with Gasteiger partial charge in [-0.15, -0.1) is 0 Å². The Hall–Kier alpha value is -3.02. The summed E-state index contributed by atoms with van der Waals surface area (Å²) in [6.07, 6.45) is 0.965. The zero-order valence-electron chi connectivity index (χ0n) is 15.5. The van der Waals surface area contributed by atoms with E-state index < -0.39 is 5.97 Å². The number of aliphatic carboxylic acids is 1. The zero-order chi connectivity index (χ0) is 19.5. The minimum absolute atomic E-state index is 0.00812. The maximum Gasteiger partial charge on any atom is 0.315 e. The first-order valence-electron chi connectivity index (χ1n) is 9.08. The average Bonchev–Trinajstić information content (AvgIpc) is 2.66. The van der Waals surface area contributed by atoms with E-state index in [9.17, 15) is 9.59 Å². The number of rotatable bonds is 10. The predicted octanol–water partition coefficient (Wildman–Crippen LogP) is 3.36. The molecule has 0 saturated carbocycles. The van der Waals surface area contributed by atoms with Gasteiger partial charge in [-0.2, -0.15) is 0 Å². The number of carbonyl (C=O) groups excluding carboxylic acids is 1. The van der Waals surface area contributed by atoms with Crippen LogP contribution in [-0.2, 0) is 17.8 Å². The number of hydrogen-bond donors (Lipinski definition) is 3. The molecule has 2 aromatic rings. The average molecular weight is 370 g/mol. The van der Waals surface area contributed by atoms with Crippen molar-refractivity contribution >= 4 is 12.0 Å². The molecule has 0 bridgehead atoms. The minimum atomic E-state index is -0.872. The topological polar surface area (TPSA) is 87.7 Å². The summed E-state index contributed by atoms with van der Waals surface area (Å²) in [6, 6.07) is 16.7. The van der Waals surface area contributed by atoms with Gasteiger partial charge in [0.1, 0.15) is 5.75 Å². The summed E-state index contributed by atoms with van der Waals surface area (Å²) >= 11 is 0. The first kappa shape index (κ1) is 20.3. The molecule has 0 saturated heterocycles. The number of urea groups is 1. The fourth-order valence-electron chi connectivity index (χ4n) is 2.75. The van der Waals surface area contributed by atoms with Crippen molar-refractivity contribution in [3.63, 3.8) is 0 Å². The largest absolute Gasteiger partial charge is 0.494 e. The molecule has 1 atom stereocenters. The van der Waals surface area contributed by atoms with E-state index in [4.69, 9.17) is 9.84 Å². The van der Waals surface area contributed by atoms with Gasteiger partial charge in [0.05, 0.1) is 6.61 Å². The van der Waals surface area contributed by atoms with Crippen LogP contribution in [0, 0.1) is 0 Å². The standard InChI is InChI=1S/C21H26N2O4/c1-2-27-19-10-6-9-17(14-19)15-22-21(26)23-18(11-12-20(24)25)13-16-7-4-3-5-8-16/h3-10,14,18H,2,11-13,15H2,1H3,(H,24,25)(H2,22,23,26). The van der Waals surface area contributed by atoms with Gasteiger partial charge in [-0.25, -0.2) is 4.79 Å². The van der Waals surface area contributed by atoms with Crippen molar-refractivity contribution in [3.8, 4) is 5.75 Å². The molecule has 6 nitrogen and oxygen atoms in total. The zero-order valence-corrected chi connectivity index (χ0v) is 15.5.